The maximum Gasteiger partial charge on any atom is 0.314 e. The van der Waals surface area contributed by atoms with Gasteiger partial charge in [0.1, 0.15) is 5.54 Å². The Morgan fingerprint density at radius 3 is 2.15 bits per heavy atom. The number of benzene rings is 2. The third-order valence-corrected chi connectivity index (χ3v) is 6.54. The molecule has 1 aliphatic carbocycles. The molecule has 33 heavy (non-hydrogen) atoms. The van der Waals surface area contributed by atoms with Crippen LogP contribution in [0.4, 0.5) is 0 Å². The molecule has 0 saturated heterocycles. The number of rotatable bonds is 7. The van der Waals surface area contributed by atoms with E-state index in [1.165, 1.54) is 16.7 Å². The minimum atomic E-state index is -1.05. The van der Waals surface area contributed by atoms with Crippen LogP contribution in [0.25, 0.3) is 0 Å². The van der Waals surface area contributed by atoms with Crippen LogP contribution in [0.1, 0.15) is 26.3 Å². The summed E-state index contributed by atoms with van der Waals surface area (Å²) in [4.78, 5) is 43.1. The molecule has 0 unspecified atom stereocenters. The van der Waals surface area contributed by atoms with Crippen LogP contribution in [-0.4, -0.2) is 46.0 Å². The molecule has 0 radical (unpaired) electrons. The molecule has 8 nitrogen and oxygen atoms in total. The Hall–Kier alpha value is -3.85. The second-order valence-electron chi connectivity index (χ2n) is 7.60. The molecular weight excluding hydrogens is 440 g/mol. The summed E-state index contributed by atoms with van der Waals surface area (Å²) in [7, 11) is 0. The first-order chi connectivity index (χ1) is 15.8. The Bertz CT molecular complexity index is 1170. The number of carboxylic acid groups (broad SMARTS) is 1. The van der Waals surface area contributed by atoms with Gasteiger partial charge in [0.15, 0.2) is 5.96 Å². The van der Waals surface area contributed by atoms with Crippen molar-refractivity contribution in [1.29, 1.82) is 0 Å². The van der Waals surface area contributed by atoms with E-state index in [-0.39, 0.29) is 24.3 Å². The summed E-state index contributed by atoms with van der Waals surface area (Å²) in [5.41, 5.74) is 12.0. The van der Waals surface area contributed by atoms with Gasteiger partial charge in [0, 0.05) is 22.8 Å². The molecule has 2 aromatic carbocycles. The third kappa shape index (κ3) is 4.27. The number of hydrogen-bond donors (Lipinski definition) is 3. The van der Waals surface area contributed by atoms with Crippen molar-refractivity contribution in [2.75, 3.05) is 12.3 Å². The van der Waals surface area contributed by atoms with E-state index >= 15 is 0 Å². The van der Waals surface area contributed by atoms with Crippen molar-refractivity contribution in [2.24, 2.45) is 22.4 Å². The van der Waals surface area contributed by atoms with Crippen LogP contribution in [-0.2, 0) is 10.3 Å². The number of aliphatic imine (C=N–C) groups is 1. The summed E-state index contributed by atoms with van der Waals surface area (Å²) in [6, 6.07) is 14.3. The monoisotopic (exact) mass is 462 g/mol. The highest BCUT2D eigenvalue weighted by molar-refractivity contribution is 7.99. The van der Waals surface area contributed by atoms with E-state index in [0.717, 1.165) is 10.5 Å². The van der Waals surface area contributed by atoms with E-state index in [4.69, 9.17) is 11.5 Å². The molecular formula is C24H22N4O4S. The van der Waals surface area contributed by atoms with Crippen molar-refractivity contribution in [1.82, 2.24) is 4.90 Å². The molecule has 9 heteroatoms. The number of thioether (sulfide) groups is 1. The third-order valence-electron chi connectivity index (χ3n) is 5.48. The predicted molar refractivity (Wildman–Crippen MR) is 126 cm³/mol. The zero-order valence-corrected chi connectivity index (χ0v) is 18.4. The highest BCUT2D eigenvalue weighted by atomic mass is 32.2. The Labute approximate surface area is 194 Å². The van der Waals surface area contributed by atoms with E-state index in [1.807, 2.05) is 24.3 Å². The van der Waals surface area contributed by atoms with Crippen molar-refractivity contribution in [3.8, 4) is 0 Å². The highest BCUT2D eigenvalue weighted by Gasteiger charge is 2.35. The van der Waals surface area contributed by atoms with Crippen molar-refractivity contribution in [3.05, 3.63) is 89.5 Å². The zero-order chi connectivity index (χ0) is 23.6. The van der Waals surface area contributed by atoms with Crippen LogP contribution in [0.15, 0.2) is 82.7 Å². The van der Waals surface area contributed by atoms with Gasteiger partial charge in [0.05, 0.1) is 17.0 Å². The van der Waals surface area contributed by atoms with Gasteiger partial charge >= 0.3 is 5.97 Å². The van der Waals surface area contributed by atoms with Crippen molar-refractivity contribution in [2.45, 2.75) is 10.4 Å². The molecule has 5 N–H and O–H groups in total. The molecule has 4 rings (SSSR count). The van der Waals surface area contributed by atoms with E-state index in [2.05, 4.69) is 4.99 Å². The summed E-state index contributed by atoms with van der Waals surface area (Å²) < 4.78 is 0. The summed E-state index contributed by atoms with van der Waals surface area (Å²) in [5, 5.41) is 9.29. The quantitative estimate of drug-likeness (QED) is 0.189. The van der Waals surface area contributed by atoms with Crippen LogP contribution in [0.5, 0.6) is 0 Å². The lowest BCUT2D eigenvalue weighted by Gasteiger charge is -2.29. The lowest BCUT2D eigenvalue weighted by molar-refractivity contribution is -0.138. The van der Waals surface area contributed by atoms with Crippen LogP contribution in [0.3, 0.4) is 0 Å². The second kappa shape index (κ2) is 8.95. The first-order valence-electron chi connectivity index (χ1n) is 10.2. The predicted octanol–water partition coefficient (Wildman–Crippen LogP) is 2.37. The summed E-state index contributed by atoms with van der Waals surface area (Å²) >= 11 is 1.46. The normalized spacial score (nSPS) is 21.2. The van der Waals surface area contributed by atoms with Crippen LogP contribution in [0, 0.1) is 5.92 Å². The maximum atomic E-state index is 12.6. The van der Waals surface area contributed by atoms with Gasteiger partial charge in [0.25, 0.3) is 11.8 Å². The van der Waals surface area contributed by atoms with Gasteiger partial charge in [-0.3, -0.25) is 19.3 Å². The fraction of sp³-hybridized carbons (Fsp3) is 0.167. The van der Waals surface area contributed by atoms with Gasteiger partial charge in [0.2, 0.25) is 0 Å². The van der Waals surface area contributed by atoms with Gasteiger partial charge in [-0.05, 0) is 18.2 Å². The van der Waals surface area contributed by atoms with Crippen LogP contribution < -0.4 is 11.5 Å². The molecule has 0 bridgehead atoms. The summed E-state index contributed by atoms with van der Waals surface area (Å²) in [6.07, 6.45) is 6.45. The average molecular weight is 463 g/mol. The minimum Gasteiger partial charge on any atom is -0.481 e. The van der Waals surface area contributed by atoms with Gasteiger partial charge in [-0.15, -0.1) is 11.8 Å². The second-order valence-corrected chi connectivity index (χ2v) is 8.73. The number of carbonyl (C=O) groups excluding carboxylic acids is 2. The molecule has 1 heterocycles. The summed E-state index contributed by atoms with van der Waals surface area (Å²) in [5.74, 6) is -1.99. The molecule has 2 aromatic rings. The number of amides is 2. The van der Waals surface area contributed by atoms with Crippen molar-refractivity contribution < 1.29 is 19.5 Å². The van der Waals surface area contributed by atoms with E-state index < -0.39 is 17.4 Å². The number of nitrogens with two attached hydrogens (primary N) is 2. The molecule has 1 aliphatic heterocycles. The molecule has 0 fully saturated rings. The minimum absolute atomic E-state index is 0.135. The van der Waals surface area contributed by atoms with Gasteiger partial charge < -0.3 is 16.6 Å². The molecule has 168 valence electrons. The number of hydrogen-bond acceptors (Lipinski definition) is 5. The Morgan fingerprint density at radius 1 is 1.00 bits per heavy atom. The Kier molecular flexibility index (Phi) is 6.06. The number of imide groups is 1. The average Bonchev–Trinajstić information content (AvgIpc) is 3.04. The van der Waals surface area contributed by atoms with Gasteiger partial charge in [-0.25, -0.2) is 4.99 Å². The fourth-order valence-corrected chi connectivity index (χ4v) is 4.98. The van der Waals surface area contributed by atoms with Crippen molar-refractivity contribution >= 4 is 35.5 Å². The zero-order valence-electron chi connectivity index (χ0n) is 17.5. The molecule has 0 atom stereocenters. The fourth-order valence-electron chi connectivity index (χ4n) is 3.93. The maximum absolute atomic E-state index is 12.6. The van der Waals surface area contributed by atoms with E-state index in [1.54, 1.807) is 48.6 Å². The van der Waals surface area contributed by atoms with Crippen LogP contribution in [0.2, 0.25) is 0 Å². The lowest BCUT2D eigenvalue weighted by Crippen LogP contribution is -2.32. The Balaban J connectivity index is 1.56. The van der Waals surface area contributed by atoms with Gasteiger partial charge in [-0.1, -0.05) is 54.6 Å². The van der Waals surface area contributed by atoms with Crippen molar-refractivity contribution in [3.63, 3.8) is 0 Å². The molecule has 2 aliphatic rings. The molecule has 0 spiro atoms. The largest absolute Gasteiger partial charge is 0.481 e. The summed E-state index contributed by atoms with van der Waals surface area (Å²) in [6.45, 7) is 0.243. The highest BCUT2D eigenvalue weighted by Crippen LogP contribution is 2.39. The number of carboxylic acids is 1. The number of carbonyl (C=O) groups is 3. The van der Waals surface area contributed by atoms with E-state index in [0.29, 0.717) is 16.9 Å². The molecule has 0 saturated carbocycles. The first-order valence-corrected chi connectivity index (χ1v) is 11.2. The van der Waals surface area contributed by atoms with E-state index in [9.17, 15) is 19.5 Å². The Morgan fingerprint density at radius 2 is 1.58 bits per heavy atom. The number of guanidine groups is 1. The SMILES string of the molecule is NC(N)=NC1(c2ccccc2SCCN2C(=O)c3ccccc3C2=O)C=CC(C(=O)O)C=C1. The van der Waals surface area contributed by atoms with Crippen LogP contribution >= 0.6 is 11.8 Å². The standard InChI is InChI=1S/C24H22N4O4S/c25-23(26)27-24(11-9-15(10-12-24)22(31)32)18-7-3-4-8-19(18)33-14-13-28-20(29)16-5-1-2-6-17(16)21(28)30/h1-12,15H,13-14H2,(H,31,32)(H4,25,26,27). The number of nitrogens with zero attached hydrogens (tertiary/aromatic N) is 2. The number of fused-ring (bicyclic) bond motifs is 1. The topological polar surface area (TPSA) is 139 Å². The number of aliphatic carboxylic acids is 1. The molecule has 0 aromatic heterocycles. The first kappa shape index (κ1) is 22.3. The van der Waals surface area contributed by atoms with Gasteiger partial charge in [-0.2, -0.15) is 0 Å². The lowest BCUT2D eigenvalue weighted by atomic mass is 9.84. The smallest absolute Gasteiger partial charge is 0.314 e. The molecule has 2 amide bonds.